The molecule has 9 heteroatoms. The molecule has 1 aromatic carbocycles. The Hall–Kier alpha value is -1.73. The third-order valence-electron chi connectivity index (χ3n) is 4.54. The van der Waals surface area contributed by atoms with Gasteiger partial charge in [0.1, 0.15) is 12.2 Å². The smallest absolute Gasteiger partial charge is 0.461 e. The van der Waals surface area contributed by atoms with E-state index in [4.69, 9.17) is 23.0 Å². The predicted molar refractivity (Wildman–Crippen MR) is 128 cm³/mol. The lowest BCUT2D eigenvalue weighted by molar-refractivity contribution is -0.159. The molecule has 192 valence electrons. The number of phosphoric ester groups is 1. The van der Waals surface area contributed by atoms with E-state index >= 15 is 0 Å². The lowest BCUT2D eigenvalue weighted by Gasteiger charge is -2.31. The molecule has 3 atom stereocenters. The van der Waals surface area contributed by atoms with E-state index in [1.165, 1.54) is 0 Å². The van der Waals surface area contributed by atoms with E-state index < -0.39 is 54.3 Å². The number of esters is 2. The largest absolute Gasteiger partial charge is 0.475 e. The number of phosphoric acid groups is 1. The average Bonchev–Trinajstić information content (AvgIpc) is 3.36. The molecule has 0 unspecified atom stereocenters. The van der Waals surface area contributed by atoms with Crippen LogP contribution in [0.3, 0.4) is 0 Å². The fourth-order valence-corrected chi connectivity index (χ4v) is 5.18. The second-order valence-corrected chi connectivity index (χ2v) is 13.0. The third kappa shape index (κ3) is 9.49. The Morgan fingerprint density at radius 2 is 1.29 bits per heavy atom. The van der Waals surface area contributed by atoms with E-state index in [-0.39, 0.29) is 13.2 Å². The number of hydrogen-bond acceptors (Lipinski definition) is 8. The first-order valence-electron chi connectivity index (χ1n) is 11.5. The second kappa shape index (κ2) is 10.5. The summed E-state index contributed by atoms with van der Waals surface area (Å²) in [5, 5.41) is 0. The Balaban J connectivity index is 2.14. The van der Waals surface area contributed by atoms with Gasteiger partial charge in [0.15, 0.2) is 0 Å². The Morgan fingerprint density at radius 1 is 0.794 bits per heavy atom. The highest BCUT2D eigenvalue weighted by Crippen LogP contribution is 2.58. The number of carbonyl (C=O) groups excluding carboxylic acids is 2. The molecule has 34 heavy (non-hydrogen) atoms. The zero-order valence-electron chi connectivity index (χ0n) is 21.7. The van der Waals surface area contributed by atoms with Gasteiger partial charge >= 0.3 is 19.8 Å². The summed E-state index contributed by atoms with van der Waals surface area (Å²) < 4.78 is 41.2. The highest BCUT2D eigenvalue weighted by atomic mass is 31.2. The summed E-state index contributed by atoms with van der Waals surface area (Å²) in [6.07, 6.45) is 0. The molecule has 1 aliphatic rings. The highest BCUT2D eigenvalue weighted by Gasteiger charge is 2.62. The van der Waals surface area contributed by atoms with Crippen LogP contribution in [-0.4, -0.2) is 35.3 Å². The second-order valence-electron chi connectivity index (χ2n) is 11.5. The van der Waals surface area contributed by atoms with Crippen molar-refractivity contribution in [2.75, 3.05) is 6.61 Å². The molecule has 1 saturated carbocycles. The van der Waals surface area contributed by atoms with Crippen molar-refractivity contribution in [1.82, 2.24) is 0 Å². The van der Waals surface area contributed by atoms with Crippen LogP contribution < -0.4 is 0 Å². The molecule has 0 saturated heterocycles. The van der Waals surface area contributed by atoms with Gasteiger partial charge in [0.05, 0.1) is 29.6 Å². The SMILES string of the molecule is CC(C)(C)OC(=O)[C@@H]1[C@@H](COP(=O)(OC(C)(C)C)OC(C)(C)C)[C@H]1C(=O)OCc1ccccc1. The minimum absolute atomic E-state index is 0.0869. The lowest BCUT2D eigenvalue weighted by atomic mass is 10.2. The van der Waals surface area contributed by atoms with E-state index in [1.54, 1.807) is 62.3 Å². The molecule has 1 aromatic rings. The standard InChI is InChI=1S/C25H39O8P/c1-23(2,3)31-22(27)20-18(19(20)21(26)29-15-17-13-11-10-12-14-17)16-30-34(28,32-24(4,5)6)33-25(7,8)9/h10-14,18-20H,15-16H2,1-9H3/t18-,19+,20+/m0/s1. The van der Waals surface area contributed by atoms with Crippen LogP contribution in [0.4, 0.5) is 0 Å². The van der Waals surface area contributed by atoms with Crippen LogP contribution in [0.2, 0.25) is 0 Å². The van der Waals surface area contributed by atoms with Crippen molar-refractivity contribution in [1.29, 1.82) is 0 Å². The molecular formula is C25H39O8P. The molecule has 0 radical (unpaired) electrons. The topological polar surface area (TPSA) is 97.4 Å². The maximum absolute atomic E-state index is 13.4. The number of hydrogen-bond donors (Lipinski definition) is 0. The summed E-state index contributed by atoms with van der Waals surface area (Å²) in [6.45, 7) is 15.6. The molecular weight excluding hydrogens is 459 g/mol. The molecule has 1 aliphatic carbocycles. The predicted octanol–water partition coefficient (Wildman–Crippen LogP) is 5.69. The molecule has 2 rings (SSSR count). The van der Waals surface area contributed by atoms with Crippen molar-refractivity contribution in [3.8, 4) is 0 Å². The van der Waals surface area contributed by atoms with Crippen LogP contribution in [0.5, 0.6) is 0 Å². The van der Waals surface area contributed by atoms with Gasteiger partial charge in [-0.2, -0.15) is 0 Å². The molecule has 0 heterocycles. The van der Waals surface area contributed by atoms with E-state index in [0.717, 1.165) is 5.56 Å². The summed E-state index contributed by atoms with van der Waals surface area (Å²) in [5.41, 5.74) is -1.49. The Labute approximate surface area is 203 Å². The van der Waals surface area contributed by atoms with Gasteiger partial charge < -0.3 is 9.47 Å². The van der Waals surface area contributed by atoms with Crippen LogP contribution >= 0.6 is 7.82 Å². The van der Waals surface area contributed by atoms with Crippen molar-refractivity contribution < 1.29 is 37.2 Å². The van der Waals surface area contributed by atoms with E-state index in [1.807, 2.05) is 30.3 Å². The minimum atomic E-state index is -4.00. The maximum atomic E-state index is 13.4. The minimum Gasteiger partial charge on any atom is -0.461 e. The number of benzene rings is 1. The van der Waals surface area contributed by atoms with Gasteiger partial charge in [-0.3, -0.25) is 23.2 Å². The Kier molecular flexibility index (Phi) is 8.79. The molecule has 0 bridgehead atoms. The van der Waals surface area contributed by atoms with Gasteiger partial charge in [0.2, 0.25) is 0 Å². The molecule has 0 N–H and O–H groups in total. The summed E-state index contributed by atoms with van der Waals surface area (Å²) in [5.74, 6) is -3.15. The molecule has 0 spiro atoms. The Morgan fingerprint density at radius 3 is 1.76 bits per heavy atom. The van der Waals surface area contributed by atoms with E-state index in [9.17, 15) is 14.2 Å². The quantitative estimate of drug-likeness (QED) is 0.316. The first-order chi connectivity index (χ1) is 15.4. The molecule has 0 amide bonds. The van der Waals surface area contributed by atoms with Crippen molar-refractivity contribution in [2.45, 2.75) is 85.7 Å². The van der Waals surface area contributed by atoms with Gasteiger partial charge in [-0.15, -0.1) is 0 Å². The van der Waals surface area contributed by atoms with Gasteiger partial charge in [-0.25, -0.2) is 4.57 Å². The zero-order chi connectivity index (χ0) is 25.9. The number of carbonyl (C=O) groups is 2. The van der Waals surface area contributed by atoms with Crippen LogP contribution in [0.1, 0.15) is 67.9 Å². The van der Waals surface area contributed by atoms with E-state index in [2.05, 4.69) is 0 Å². The lowest BCUT2D eigenvalue weighted by Crippen LogP contribution is -2.26. The van der Waals surface area contributed by atoms with Crippen LogP contribution in [-0.2, 0) is 43.8 Å². The fourth-order valence-electron chi connectivity index (χ4n) is 3.34. The van der Waals surface area contributed by atoms with Crippen molar-refractivity contribution in [3.05, 3.63) is 35.9 Å². The third-order valence-corrected chi connectivity index (χ3v) is 6.55. The number of ether oxygens (including phenoxy) is 2. The molecule has 1 fully saturated rings. The summed E-state index contributed by atoms with van der Waals surface area (Å²) in [6, 6.07) is 9.26. The van der Waals surface area contributed by atoms with Gasteiger partial charge in [-0.05, 0) is 67.9 Å². The number of rotatable bonds is 9. The monoisotopic (exact) mass is 498 g/mol. The summed E-state index contributed by atoms with van der Waals surface area (Å²) in [4.78, 5) is 25.6. The van der Waals surface area contributed by atoms with Crippen molar-refractivity contribution in [3.63, 3.8) is 0 Å². The molecule has 8 nitrogen and oxygen atoms in total. The van der Waals surface area contributed by atoms with Gasteiger partial charge in [0.25, 0.3) is 0 Å². The normalized spacial score (nSPS) is 21.1. The Bertz CT molecular complexity index is 872. The zero-order valence-corrected chi connectivity index (χ0v) is 22.6. The van der Waals surface area contributed by atoms with Crippen molar-refractivity contribution in [2.24, 2.45) is 17.8 Å². The van der Waals surface area contributed by atoms with Crippen LogP contribution in [0.15, 0.2) is 30.3 Å². The summed E-state index contributed by atoms with van der Waals surface area (Å²) in [7, 11) is -4.00. The first-order valence-corrected chi connectivity index (χ1v) is 12.9. The molecule has 0 aromatic heterocycles. The summed E-state index contributed by atoms with van der Waals surface area (Å²) >= 11 is 0. The average molecular weight is 499 g/mol. The molecule has 0 aliphatic heterocycles. The van der Waals surface area contributed by atoms with Gasteiger partial charge in [0, 0.05) is 5.92 Å². The van der Waals surface area contributed by atoms with E-state index in [0.29, 0.717) is 0 Å². The fraction of sp³-hybridized carbons (Fsp3) is 0.680. The maximum Gasteiger partial charge on any atom is 0.475 e. The van der Waals surface area contributed by atoms with Gasteiger partial charge in [-0.1, -0.05) is 30.3 Å². The highest BCUT2D eigenvalue weighted by molar-refractivity contribution is 7.48. The first kappa shape index (κ1) is 28.5. The van der Waals surface area contributed by atoms with Crippen LogP contribution in [0.25, 0.3) is 0 Å². The van der Waals surface area contributed by atoms with Crippen LogP contribution in [0, 0.1) is 17.8 Å². The van der Waals surface area contributed by atoms with Crippen molar-refractivity contribution >= 4 is 19.8 Å².